The Morgan fingerprint density at radius 3 is 2.11 bits per heavy atom. The van der Waals surface area contributed by atoms with Crippen LogP contribution in [0.1, 0.15) is 81.4 Å². The minimum Gasteiger partial charge on any atom is -0.460 e. The zero-order valence-electron chi connectivity index (χ0n) is 22.1. The van der Waals surface area contributed by atoms with E-state index in [1.807, 2.05) is 91.8 Å². The van der Waals surface area contributed by atoms with Crippen LogP contribution < -0.4 is 0 Å². The number of esters is 2. The van der Waals surface area contributed by atoms with Crippen molar-refractivity contribution in [1.29, 1.82) is 0 Å². The minimum absolute atomic E-state index is 0.157. The van der Waals surface area contributed by atoms with Gasteiger partial charge >= 0.3 is 19.1 Å². The molecule has 188 valence electrons. The number of carbonyl (C=O) groups excluding carboxylic acids is 2. The van der Waals surface area contributed by atoms with Crippen molar-refractivity contribution in [3.63, 3.8) is 0 Å². The van der Waals surface area contributed by atoms with E-state index in [1.54, 1.807) is 12.1 Å². The Morgan fingerprint density at radius 1 is 0.943 bits per heavy atom. The van der Waals surface area contributed by atoms with Crippen molar-refractivity contribution in [2.45, 2.75) is 91.0 Å². The summed E-state index contributed by atoms with van der Waals surface area (Å²) in [5.74, 6) is -1.51. The summed E-state index contributed by atoms with van der Waals surface area (Å²) in [4.78, 5) is 26.3. The number of hydrogen-bond donors (Lipinski definition) is 0. The molecule has 0 aliphatic carbocycles. The van der Waals surface area contributed by atoms with Crippen LogP contribution in [0.25, 0.3) is 0 Å². The molecule has 1 saturated heterocycles. The van der Waals surface area contributed by atoms with Gasteiger partial charge in [-0.3, -0.25) is 4.79 Å². The molecule has 0 amide bonds. The minimum atomic E-state index is -0.684. The fraction of sp³-hybridized carbons (Fsp3) is 0.500. The summed E-state index contributed by atoms with van der Waals surface area (Å²) in [6.45, 7) is 15.4. The molecule has 6 nitrogen and oxygen atoms in total. The Balaban J connectivity index is 1.91. The molecule has 1 aliphatic heterocycles. The van der Waals surface area contributed by atoms with Gasteiger partial charge < -0.3 is 18.8 Å². The first-order valence-electron chi connectivity index (χ1n) is 12.1. The van der Waals surface area contributed by atoms with Crippen LogP contribution in [0.2, 0.25) is 6.32 Å². The van der Waals surface area contributed by atoms with Gasteiger partial charge in [0.15, 0.2) is 0 Å². The fourth-order valence-electron chi connectivity index (χ4n) is 4.02. The lowest BCUT2D eigenvalue weighted by molar-refractivity contribution is -0.146. The summed E-state index contributed by atoms with van der Waals surface area (Å²) >= 11 is 0. The van der Waals surface area contributed by atoms with Crippen molar-refractivity contribution < 1.29 is 28.4 Å². The van der Waals surface area contributed by atoms with Crippen molar-refractivity contribution in [3.05, 3.63) is 70.8 Å². The number of hydrogen-bond acceptors (Lipinski definition) is 6. The van der Waals surface area contributed by atoms with E-state index in [0.29, 0.717) is 16.7 Å². The number of carbonyl (C=O) groups is 2. The van der Waals surface area contributed by atoms with Crippen LogP contribution in [0.5, 0.6) is 0 Å². The lowest BCUT2D eigenvalue weighted by Gasteiger charge is -2.32. The van der Waals surface area contributed by atoms with Gasteiger partial charge in [0.25, 0.3) is 0 Å². The van der Waals surface area contributed by atoms with Gasteiger partial charge in [-0.2, -0.15) is 0 Å². The molecule has 35 heavy (non-hydrogen) atoms. The van der Waals surface area contributed by atoms with Gasteiger partial charge in [-0.15, -0.1) is 0 Å². The summed E-state index contributed by atoms with van der Waals surface area (Å²) in [7, 11) is -0.598. The summed E-state index contributed by atoms with van der Waals surface area (Å²) in [6, 6.07) is 14.9. The second-order valence-corrected chi connectivity index (χ2v) is 11.1. The molecule has 0 spiro atoms. The second-order valence-electron chi connectivity index (χ2n) is 11.1. The van der Waals surface area contributed by atoms with E-state index >= 15 is 0 Å². The van der Waals surface area contributed by atoms with Crippen molar-refractivity contribution >= 4 is 19.1 Å². The number of ether oxygens (including phenoxy) is 2. The smallest absolute Gasteiger partial charge is 0.459 e. The lowest BCUT2D eigenvalue weighted by Crippen LogP contribution is -2.41. The monoisotopic (exact) mass is 480 g/mol. The van der Waals surface area contributed by atoms with Gasteiger partial charge in [0, 0.05) is 0 Å². The van der Waals surface area contributed by atoms with E-state index in [-0.39, 0.29) is 12.9 Å². The molecule has 3 rings (SSSR count). The molecule has 1 aliphatic rings. The van der Waals surface area contributed by atoms with Crippen molar-refractivity contribution in [1.82, 2.24) is 0 Å². The topological polar surface area (TPSA) is 71.1 Å². The molecule has 2 aromatic carbocycles. The molecule has 0 N–H and O–H groups in total. The Hall–Kier alpha value is -2.64. The Kier molecular flexibility index (Phi) is 7.82. The van der Waals surface area contributed by atoms with Crippen LogP contribution in [-0.2, 0) is 30.2 Å². The SMILES string of the molecule is Cc1c(C(=O)OC(C)(C)C)cccc1C(CB1OC(C)(C)C(C)(C)O1)C(=O)OCc1ccccc1. The first-order chi connectivity index (χ1) is 16.2. The predicted octanol–water partition coefficient (Wildman–Crippen LogP) is 5.87. The molecule has 1 atom stereocenters. The standard InChI is InChI=1S/C28H37BO6/c1-19-21(15-12-16-22(19)25(31)33-26(2,3)4)23(17-29-34-27(5,6)28(7,8)35-29)24(30)32-18-20-13-10-9-11-14-20/h9-16,23H,17-18H2,1-8H3. The first-order valence-corrected chi connectivity index (χ1v) is 12.1. The third-order valence-electron chi connectivity index (χ3n) is 6.61. The highest BCUT2D eigenvalue weighted by atomic mass is 16.7. The van der Waals surface area contributed by atoms with E-state index in [9.17, 15) is 9.59 Å². The molecular formula is C28H37BO6. The van der Waals surface area contributed by atoms with E-state index < -0.39 is 41.8 Å². The fourth-order valence-corrected chi connectivity index (χ4v) is 4.02. The maximum Gasteiger partial charge on any atom is 0.459 e. The zero-order valence-corrected chi connectivity index (χ0v) is 22.1. The molecule has 7 heteroatoms. The van der Waals surface area contributed by atoms with Crippen molar-refractivity contribution in [3.8, 4) is 0 Å². The maximum absolute atomic E-state index is 13.4. The third-order valence-corrected chi connectivity index (χ3v) is 6.61. The largest absolute Gasteiger partial charge is 0.460 e. The number of rotatable bonds is 7. The van der Waals surface area contributed by atoms with Gasteiger partial charge in [-0.1, -0.05) is 42.5 Å². The highest BCUT2D eigenvalue weighted by molar-refractivity contribution is 6.46. The van der Waals surface area contributed by atoms with E-state index in [0.717, 1.165) is 5.56 Å². The van der Waals surface area contributed by atoms with Gasteiger partial charge in [0.1, 0.15) is 12.2 Å². The normalized spacial score (nSPS) is 17.7. The third kappa shape index (κ3) is 6.53. The summed E-state index contributed by atoms with van der Waals surface area (Å²) in [5.41, 5.74) is 1.02. The van der Waals surface area contributed by atoms with Crippen LogP contribution in [0.3, 0.4) is 0 Å². The quantitative estimate of drug-likeness (QED) is 0.365. The summed E-state index contributed by atoms with van der Waals surface area (Å²) in [5, 5.41) is 0. The van der Waals surface area contributed by atoms with Gasteiger partial charge in [-0.05, 0) is 84.5 Å². The van der Waals surface area contributed by atoms with Crippen LogP contribution in [0.15, 0.2) is 48.5 Å². The highest BCUT2D eigenvalue weighted by Crippen LogP contribution is 2.40. The van der Waals surface area contributed by atoms with E-state index in [1.165, 1.54) is 0 Å². The Labute approximate surface area is 209 Å². The molecule has 0 aromatic heterocycles. The molecular weight excluding hydrogens is 443 g/mol. The van der Waals surface area contributed by atoms with Crippen LogP contribution in [0, 0.1) is 6.92 Å². The molecule has 0 bridgehead atoms. The first kappa shape index (κ1) is 27.0. The lowest BCUT2D eigenvalue weighted by atomic mass is 9.73. The number of benzene rings is 2. The molecule has 0 saturated carbocycles. The summed E-state index contributed by atoms with van der Waals surface area (Å²) in [6.07, 6.45) is 0.263. The zero-order chi connectivity index (χ0) is 26.0. The Morgan fingerprint density at radius 2 is 1.54 bits per heavy atom. The van der Waals surface area contributed by atoms with Crippen LogP contribution in [-0.4, -0.2) is 35.9 Å². The van der Waals surface area contributed by atoms with Crippen molar-refractivity contribution in [2.24, 2.45) is 0 Å². The molecule has 2 aromatic rings. The highest BCUT2D eigenvalue weighted by Gasteiger charge is 2.52. The molecule has 1 unspecified atom stereocenters. The molecule has 1 heterocycles. The molecule has 1 fully saturated rings. The van der Waals surface area contributed by atoms with E-state index in [2.05, 4.69) is 0 Å². The van der Waals surface area contributed by atoms with Crippen LogP contribution in [0.4, 0.5) is 0 Å². The second kappa shape index (κ2) is 10.2. The average Bonchev–Trinajstić information content (AvgIpc) is 2.96. The molecule has 0 radical (unpaired) electrons. The van der Waals surface area contributed by atoms with E-state index in [4.69, 9.17) is 18.8 Å². The van der Waals surface area contributed by atoms with Gasteiger partial charge in [-0.25, -0.2) is 4.79 Å². The van der Waals surface area contributed by atoms with Crippen molar-refractivity contribution in [2.75, 3.05) is 0 Å². The van der Waals surface area contributed by atoms with Gasteiger partial charge in [0.2, 0.25) is 0 Å². The van der Waals surface area contributed by atoms with Crippen LogP contribution >= 0.6 is 0 Å². The van der Waals surface area contributed by atoms with Gasteiger partial charge in [0.05, 0.1) is 22.7 Å². The predicted molar refractivity (Wildman–Crippen MR) is 136 cm³/mol. The maximum atomic E-state index is 13.4. The Bertz CT molecular complexity index is 1040. The average molecular weight is 480 g/mol. The summed E-state index contributed by atoms with van der Waals surface area (Å²) < 4.78 is 23.7.